The third kappa shape index (κ3) is 7.62. The van der Waals surface area contributed by atoms with Crippen LogP contribution in [0.5, 0.6) is 0 Å². The SMILES string of the molecule is CC(=O)SCCCCCCNC(=O)c1ccccn1. The van der Waals surface area contributed by atoms with Gasteiger partial charge in [-0.2, -0.15) is 0 Å². The first-order valence-electron chi connectivity index (χ1n) is 6.53. The molecule has 0 atom stereocenters. The predicted molar refractivity (Wildman–Crippen MR) is 78.2 cm³/mol. The smallest absolute Gasteiger partial charge is 0.269 e. The van der Waals surface area contributed by atoms with Gasteiger partial charge in [0.15, 0.2) is 5.12 Å². The summed E-state index contributed by atoms with van der Waals surface area (Å²) in [6.07, 6.45) is 5.80. The summed E-state index contributed by atoms with van der Waals surface area (Å²) in [5, 5.41) is 3.03. The lowest BCUT2D eigenvalue weighted by Gasteiger charge is -2.04. The zero-order valence-corrected chi connectivity index (χ0v) is 12.0. The molecule has 1 aromatic heterocycles. The van der Waals surface area contributed by atoms with Gasteiger partial charge in [-0.05, 0) is 25.0 Å². The Bertz CT molecular complexity index is 396. The number of hydrogen-bond donors (Lipinski definition) is 1. The highest BCUT2D eigenvalue weighted by Crippen LogP contribution is 2.07. The summed E-state index contributed by atoms with van der Waals surface area (Å²) in [4.78, 5) is 26.3. The van der Waals surface area contributed by atoms with Gasteiger partial charge >= 0.3 is 0 Å². The van der Waals surface area contributed by atoms with E-state index in [1.54, 1.807) is 31.3 Å². The van der Waals surface area contributed by atoms with Crippen molar-refractivity contribution in [2.45, 2.75) is 32.6 Å². The summed E-state index contributed by atoms with van der Waals surface area (Å²) in [7, 11) is 0. The molecule has 4 nitrogen and oxygen atoms in total. The van der Waals surface area contributed by atoms with Crippen molar-refractivity contribution in [2.75, 3.05) is 12.3 Å². The summed E-state index contributed by atoms with van der Waals surface area (Å²) in [5.41, 5.74) is 0.459. The van der Waals surface area contributed by atoms with Gasteiger partial charge in [0, 0.05) is 25.4 Å². The van der Waals surface area contributed by atoms with Gasteiger partial charge in [0.1, 0.15) is 5.69 Å². The van der Waals surface area contributed by atoms with Gasteiger partial charge < -0.3 is 5.32 Å². The Balaban J connectivity index is 1.99. The molecule has 1 heterocycles. The normalized spacial score (nSPS) is 10.2. The first kappa shape index (κ1) is 15.7. The minimum atomic E-state index is -0.118. The quantitative estimate of drug-likeness (QED) is 0.744. The van der Waals surface area contributed by atoms with E-state index in [9.17, 15) is 9.59 Å². The van der Waals surface area contributed by atoms with Gasteiger partial charge in [-0.25, -0.2) is 0 Å². The van der Waals surface area contributed by atoms with E-state index < -0.39 is 0 Å². The summed E-state index contributed by atoms with van der Waals surface area (Å²) in [6, 6.07) is 5.29. The molecule has 0 saturated heterocycles. The van der Waals surface area contributed by atoms with Crippen molar-refractivity contribution in [3.8, 4) is 0 Å². The van der Waals surface area contributed by atoms with Crippen molar-refractivity contribution in [3.63, 3.8) is 0 Å². The van der Waals surface area contributed by atoms with Crippen LogP contribution in [0.1, 0.15) is 43.1 Å². The first-order valence-corrected chi connectivity index (χ1v) is 7.51. The molecule has 0 saturated carbocycles. The van der Waals surface area contributed by atoms with Gasteiger partial charge in [0.05, 0.1) is 0 Å². The van der Waals surface area contributed by atoms with Crippen LogP contribution in [0.25, 0.3) is 0 Å². The highest BCUT2D eigenvalue weighted by molar-refractivity contribution is 8.13. The fourth-order valence-corrected chi connectivity index (χ4v) is 2.22. The van der Waals surface area contributed by atoms with Crippen LogP contribution in [0.2, 0.25) is 0 Å². The molecule has 0 aliphatic rings. The maximum Gasteiger partial charge on any atom is 0.269 e. The molecule has 0 fully saturated rings. The van der Waals surface area contributed by atoms with E-state index in [4.69, 9.17) is 0 Å². The number of hydrogen-bond acceptors (Lipinski definition) is 4. The Hall–Kier alpha value is -1.36. The number of carbonyl (C=O) groups excluding carboxylic acids is 2. The number of aromatic nitrogens is 1. The fourth-order valence-electron chi connectivity index (χ4n) is 1.59. The Morgan fingerprint density at radius 2 is 2.00 bits per heavy atom. The van der Waals surface area contributed by atoms with Gasteiger partial charge in [-0.3, -0.25) is 14.6 Å². The third-order valence-electron chi connectivity index (χ3n) is 2.56. The minimum absolute atomic E-state index is 0.118. The van der Waals surface area contributed by atoms with Gasteiger partial charge in [-0.15, -0.1) is 0 Å². The summed E-state index contributed by atoms with van der Waals surface area (Å²) in [5.74, 6) is 0.781. The van der Waals surface area contributed by atoms with Crippen LogP contribution < -0.4 is 5.32 Å². The molecule has 0 unspecified atom stereocenters. The first-order chi connectivity index (χ1) is 9.20. The average Bonchev–Trinajstić information content (AvgIpc) is 2.42. The molecule has 0 aromatic carbocycles. The highest BCUT2D eigenvalue weighted by atomic mass is 32.2. The fraction of sp³-hybridized carbons (Fsp3) is 0.500. The molecular weight excluding hydrogens is 260 g/mol. The lowest BCUT2D eigenvalue weighted by atomic mass is 10.2. The number of carbonyl (C=O) groups is 2. The molecule has 0 aliphatic carbocycles. The van der Waals surface area contributed by atoms with E-state index in [-0.39, 0.29) is 11.0 Å². The van der Waals surface area contributed by atoms with Crippen LogP contribution in [0, 0.1) is 0 Å². The summed E-state index contributed by atoms with van der Waals surface area (Å²) < 4.78 is 0. The molecule has 1 aromatic rings. The van der Waals surface area contributed by atoms with E-state index in [2.05, 4.69) is 10.3 Å². The number of nitrogens with zero attached hydrogens (tertiary/aromatic N) is 1. The molecule has 104 valence electrons. The van der Waals surface area contributed by atoms with E-state index in [0.717, 1.165) is 31.4 Å². The number of rotatable bonds is 8. The second-order valence-corrected chi connectivity index (χ2v) is 5.50. The van der Waals surface area contributed by atoms with E-state index in [0.29, 0.717) is 12.2 Å². The number of amides is 1. The van der Waals surface area contributed by atoms with Crippen LogP contribution in [0.15, 0.2) is 24.4 Å². The molecule has 1 amide bonds. The molecule has 0 bridgehead atoms. The van der Waals surface area contributed by atoms with Crippen molar-refractivity contribution in [3.05, 3.63) is 30.1 Å². The largest absolute Gasteiger partial charge is 0.351 e. The van der Waals surface area contributed by atoms with Crippen molar-refractivity contribution in [1.29, 1.82) is 0 Å². The second kappa shape index (κ2) is 9.55. The van der Waals surface area contributed by atoms with Crippen LogP contribution >= 0.6 is 11.8 Å². The Kier molecular flexibility index (Phi) is 7.89. The molecular formula is C14H20N2O2S. The van der Waals surface area contributed by atoms with E-state index in [1.807, 2.05) is 0 Å². The lowest BCUT2D eigenvalue weighted by Crippen LogP contribution is -2.25. The van der Waals surface area contributed by atoms with Gasteiger partial charge in [0.2, 0.25) is 0 Å². The molecule has 0 spiro atoms. The van der Waals surface area contributed by atoms with Crippen molar-refractivity contribution in [2.24, 2.45) is 0 Å². The molecule has 0 aliphatic heterocycles. The molecule has 19 heavy (non-hydrogen) atoms. The topological polar surface area (TPSA) is 59.1 Å². The van der Waals surface area contributed by atoms with Crippen molar-refractivity contribution >= 4 is 22.8 Å². The Labute approximate surface area is 118 Å². The zero-order valence-electron chi connectivity index (χ0n) is 11.2. The lowest BCUT2D eigenvalue weighted by molar-refractivity contribution is -0.109. The number of nitrogens with one attached hydrogen (secondary N) is 1. The van der Waals surface area contributed by atoms with E-state index >= 15 is 0 Å². The monoisotopic (exact) mass is 280 g/mol. The van der Waals surface area contributed by atoms with E-state index in [1.165, 1.54) is 11.8 Å². The van der Waals surface area contributed by atoms with Gasteiger partial charge in [0.25, 0.3) is 5.91 Å². The molecule has 1 rings (SSSR count). The predicted octanol–water partition coefficient (Wildman–Crippen LogP) is 2.65. The third-order valence-corrected chi connectivity index (χ3v) is 3.46. The van der Waals surface area contributed by atoms with Crippen molar-refractivity contribution < 1.29 is 9.59 Å². The number of unbranched alkanes of at least 4 members (excludes halogenated alkanes) is 3. The zero-order chi connectivity index (χ0) is 13.9. The number of pyridine rings is 1. The molecule has 1 N–H and O–H groups in total. The standard InChI is InChI=1S/C14H20N2O2S/c1-12(17)19-11-7-3-2-5-10-16-14(18)13-8-4-6-9-15-13/h4,6,8-9H,2-3,5,7,10-11H2,1H3,(H,16,18). The summed E-state index contributed by atoms with van der Waals surface area (Å²) >= 11 is 1.38. The highest BCUT2D eigenvalue weighted by Gasteiger charge is 2.04. The maximum atomic E-state index is 11.6. The van der Waals surface area contributed by atoms with Crippen LogP contribution in [0.3, 0.4) is 0 Å². The van der Waals surface area contributed by atoms with Crippen LogP contribution in [-0.4, -0.2) is 28.3 Å². The summed E-state index contributed by atoms with van der Waals surface area (Å²) in [6.45, 7) is 2.27. The second-order valence-electron chi connectivity index (χ2n) is 4.23. The van der Waals surface area contributed by atoms with Crippen molar-refractivity contribution in [1.82, 2.24) is 10.3 Å². The van der Waals surface area contributed by atoms with Crippen LogP contribution in [0.4, 0.5) is 0 Å². The molecule has 0 radical (unpaired) electrons. The maximum absolute atomic E-state index is 11.6. The Morgan fingerprint density at radius 3 is 2.68 bits per heavy atom. The molecule has 5 heteroatoms. The number of thioether (sulfide) groups is 1. The van der Waals surface area contributed by atoms with Crippen LogP contribution in [-0.2, 0) is 4.79 Å². The minimum Gasteiger partial charge on any atom is -0.351 e. The van der Waals surface area contributed by atoms with Gasteiger partial charge in [-0.1, -0.05) is 30.7 Å². The average molecular weight is 280 g/mol. The Morgan fingerprint density at radius 1 is 1.21 bits per heavy atom.